The Bertz CT molecular complexity index is 209. The Morgan fingerprint density at radius 3 is 2.46 bits per heavy atom. The highest BCUT2D eigenvalue weighted by atomic mass is 16.2. The minimum atomic E-state index is -0.252. The number of amides is 1. The van der Waals surface area contributed by atoms with E-state index in [-0.39, 0.29) is 23.7 Å². The first kappa shape index (κ1) is 10.2. The zero-order valence-corrected chi connectivity index (χ0v) is 8.30. The van der Waals surface area contributed by atoms with Crippen LogP contribution < -0.4 is 5.32 Å². The number of Topliss-reactive ketones (excluding diaryl/α,β-unsaturated/α-hetero) is 1. The zero-order chi connectivity index (χ0) is 9.84. The van der Waals surface area contributed by atoms with Crippen molar-refractivity contribution in [2.24, 2.45) is 5.92 Å². The van der Waals surface area contributed by atoms with Crippen LogP contribution in [0, 0.1) is 5.92 Å². The van der Waals surface area contributed by atoms with Gasteiger partial charge in [0.15, 0.2) is 5.78 Å². The van der Waals surface area contributed by atoms with Crippen LogP contribution in [0.3, 0.4) is 0 Å². The lowest BCUT2D eigenvalue weighted by Gasteiger charge is -2.14. The van der Waals surface area contributed by atoms with Crippen LogP contribution in [0.1, 0.15) is 39.5 Å². The van der Waals surface area contributed by atoms with Gasteiger partial charge < -0.3 is 5.32 Å². The molecule has 3 heteroatoms. The van der Waals surface area contributed by atoms with Gasteiger partial charge in [-0.2, -0.15) is 0 Å². The van der Waals surface area contributed by atoms with E-state index in [4.69, 9.17) is 0 Å². The molecule has 3 nitrogen and oxygen atoms in total. The van der Waals surface area contributed by atoms with Crippen LogP contribution in [0.5, 0.6) is 0 Å². The number of ketones is 1. The van der Waals surface area contributed by atoms with Crippen LogP contribution in [0.2, 0.25) is 0 Å². The van der Waals surface area contributed by atoms with Crippen molar-refractivity contribution in [1.29, 1.82) is 0 Å². The molecule has 0 aromatic carbocycles. The molecule has 0 aromatic heterocycles. The van der Waals surface area contributed by atoms with Crippen LogP contribution in [-0.4, -0.2) is 17.7 Å². The third kappa shape index (κ3) is 3.17. The maximum atomic E-state index is 11.3. The molecule has 0 bridgehead atoms. The molecule has 0 aromatic rings. The Morgan fingerprint density at radius 2 is 2.08 bits per heavy atom. The first-order valence-electron chi connectivity index (χ1n) is 4.96. The molecule has 1 rings (SSSR count). The van der Waals surface area contributed by atoms with E-state index < -0.39 is 0 Å². The first-order valence-corrected chi connectivity index (χ1v) is 4.96. The van der Waals surface area contributed by atoms with E-state index in [1.54, 1.807) is 0 Å². The van der Waals surface area contributed by atoms with Crippen LogP contribution >= 0.6 is 0 Å². The number of carbonyl (C=O) groups is 2. The van der Waals surface area contributed by atoms with Crippen LogP contribution in [0.15, 0.2) is 0 Å². The second-order valence-electron chi connectivity index (χ2n) is 3.73. The molecule has 1 unspecified atom stereocenters. The first-order chi connectivity index (χ1) is 6.15. The molecule has 1 aliphatic rings. The Morgan fingerprint density at radius 1 is 1.46 bits per heavy atom. The van der Waals surface area contributed by atoms with Crippen LogP contribution in [0.4, 0.5) is 0 Å². The quantitative estimate of drug-likeness (QED) is 0.697. The van der Waals surface area contributed by atoms with Gasteiger partial charge in [-0.3, -0.25) is 9.59 Å². The maximum absolute atomic E-state index is 11.3. The summed E-state index contributed by atoms with van der Waals surface area (Å²) in [6.45, 7) is 3.55. The molecule has 1 amide bonds. The normalized spacial score (nSPS) is 18.0. The van der Waals surface area contributed by atoms with E-state index in [0.29, 0.717) is 0 Å². The Balaban J connectivity index is 2.36. The lowest BCUT2D eigenvalue weighted by atomic mass is 10.1. The predicted octanol–water partition coefficient (Wildman–Crippen LogP) is 1.27. The lowest BCUT2D eigenvalue weighted by Crippen LogP contribution is -2.40. The molecule has 0 heterocycles. The highest BCUT2D eigenvalue weighted by molar-refractivity contribution is 5.89. The summed E-state index contributed by atoms with van der Waals surface area (Å²) in [6, 6.07) is -0.252. The lowest BCUT2D eigenvalue weighted by molar-refractivity contribution is -0.127. The largest absolute Gasteiger partial charge is 0.346 e. The summed E-state index contributed by atoms with van der Waals surface area (Å²) in [6.07, 6.45) is 3.66. The fraction of sp³-hybridized carbons (Fsp3) is 0.800. The maximum Gasteiger partial charge on any atom is 0.223 e. The molecular formula is C10H17NO2. The van der Waals surface area contributed by atoms with Crippen molar-refractivity contribution in [2.75, 3.05) is 0 Å². The average Bonchev–Trinajstić information content (AvgIpc) is 2.85. The number of nitrogens with one attached hydrogen (secondary N) is 1. The van der Waals surface area contributed by atoms with Crippen molar-refractivity contribution in [3.8, 4) is 0 Å². The minimum Gasteiger partial charge on any atom is -0.346 e. The van der Waals surface area contributed by atoms with Crippen molar-refractivity contribution in [2.45, 2.75) is 45.6 Å². The van der Waals surface area contributed by atoms with E-state index in [9.17, 15) is 9.59 Å². The second-order valence-corrected chi connectivity index (χ2v) is 3.73. The monoisotopic (exact) mass is 183 g/mol. The summed E-state index contributed by atoms with van der Waals surface area (Å²) in [4.78, 5) is 22.4. The SMILES string of the molecule is CCCC(NC(=O)C1CC1)C(C)=O. The number of hydrogen-bond acceptors (Lipinski definition) is 2. The van der Waals surface area contributed by atoms with E-state index in [1.807, 2.05) is 6.92 Å². The minimum absolute atomic E-state index is 0.0636. The van der Waals surface area contributed by atoms with Gasteiger partial charge in [0, 0.05) is 5.92 Å². The van der Waals surface area contributed by atoms with E-state index >= 15 is 0 Å². The van der Waals surface area contributed by atoms with Gasteiger partial charge >= 0.3 is 0 Å². The fourth-order valence-corrected chi connectivity index (χ4v) is 1.30. The Hall–Kier alpha value is -0.860. The van der Waals surface area contributed by atoms with Crippen LogP contribution in [-0.2, 0) is 9.59 Å². The number of rotatable bonds is 5. The fourth-order valence-electron chi connectivity index (χ4n) is 1.30. The summed E-state index contributed by atoms with van der Waals surface area (Å²) in [7, 11) is 0. The summed E-state index contributed by atoms with van der Waals surface area (Å²) in [5, 5.41) is 2.79. The van der Waals surface area contributed by atoms with E-state index in [1.165, 1.54) is 6.92 Å². The van der Waals surface area contributed by atoms with Crippen molar-refractivity contribution in [3.63, 3.8) is 0 Å². The molecule has 13 heavy (non-hydrogen) atoms. The molecule has 1 fully saturated rings. The molecule has 0 saturated heterocycles. The van der Waals surface area contributed by atoms with E-state index in [2.05, 4.69) is 5.32 Å². The topological polar surface area (TPSA) is 46.2 Å². The van der Waals surface area contributed by atoms with Crippen molar-refractivity contribution in [1.82, 2.24) is 5.32 Å². The summed E-state index contributed by atoms with van der Waals surface area (Å²) in [5.41, 5.74) is 0. The number of hydrogen-bond donors (Lipinski definition) is 1. The van der Waals surface area contributed by atoms with Crippen LogP contribution in [0.25, 0.3) is 0 Å². The van der Waals surface area contributed by atoms with Crippen molar-refractivity contribution in [3.05, 3.63) is 0 Å². The Kier molecular flexibility index (Phi) is 3.46. The van der Waals surface area contributed by atoms with Gasteiger partial charge in [-0.15, -0.1) is 0 Å². The highest BCUT2D eigenvalue weighted by Gasteiger charge is 2.31. The van der Waals surface area contributed by atoms with Gasteiger partial charge in [0.25, 0.3) is 0 Å². The molecule has 0 aliphatic heterocycles. The third-order valence-electron chi connectivity index (χ3n) is 2.33. The van der Waals surface area contributed by atoms with Gasteiger partial charge in [0.2, 0.25) is 5.91 Å². The third-order valence-corrected chi connectivity index (χ3v) is 2.33. The van der Waals surface area contributed by atoms with Gasteiger partial charge in [0.1, 0.15) is 0 Å². The molecule has 1 atom stereocenters. The summed E-state index contributed by atoms with van der Waals surface area (Å²) in [5.74, 6) is 0.322. The van der Waals surface area contributed by atoms with Gasteiger partial charge in [-0.25, -0.2) is 0 Å². The summed E-state index contributed by atoms with van der Waals surface area (Å²) >= 11 is 0. The number of carbonyl (C=O) groups excluding carboxylic acids is 2. The molecule has 74 valence electrons. The highest BCUT2D eigenvalue weighted by Crippen LogP contribution is 2.29. The van der Waals surface area contributed by atoms with E-state index in [0.717, 1.165) is 25.7 Å². The molecule has 0 radical (unpaired) electrons. The molecule has 0 spiro atoms. The molecular weight excluding hydrogens is 166 g/mol. The average molecular weight is 183 g/mol. The Labute approximate surface area is 78.9 Å². The molecule has 1 aliphatic carbocycles. The van der Waals surface area contributed by atoms with Gasteiger partial charge in [0.05, 0.1) is 6.04 Å². The standard InChI is InChI=1S/C10H17NO2/c1-3-4-9(7(2)12)11-10(13)8-5-6-8/h8-9H,3-6H2,1-2H3,(H,11,13). The predicted molar refractivity (Wildman–Crippen MR) is 50.2 cm³/mol. The zero-order valence-electron chi connectivity index (χ0n) is 8.30. The van der Waals surface area contributed by atoms with Gasteiger partial charge in [-0.05, 0) is 26.2 Å². The molecule has 1 saturated carbocycles. The molecule has 1 N–H and O–H groups in total. The second kappa shape index (κ2) is 4.40. The summed E-state index contributed by atoms with van der Waals surface area (Å²) < 4.78 is 0. The van der Waals surface area contributed by atoms with Crippen molar-refractivity contribution < 1.29 is 9.59 Å². The van der Waals surface area contributed by atoms with Gasteiger partial charge in [-0.1, -0.05) is 13.3 Å². The van der Waals surface area contributed by atoms with Crippen molar-refractivity contribution >= 4 is 11.7 Å². The smallest absolute Gasteiger partial charge is 0.223 e.